The zero-order valence-corrected chi connectivity index (χ0v) is 23.1. The number of nitrogens with zero attached hydrogens (tertiary/aromatic N) is 3. The summed E-state index contributed by atoms with van der Waals surface area (Å²) in [4.78, 5) is 58.3. The molecule has 3 heterocycles. The Morgan fingerprint density at radius 2 is 1.95 bits per heavy atom. The van der Waals surface area contributed by atoms with Gasteiger partial charge in [0, 0.05) is 32.2 Å². The van der Waals surface area contributed by atoms with Gasteiger partial charge in [-0.15, -0.1) is 0 Å². The van der Waals surface area contributed by atoms with Crippen LogP contribution in [0.4, 0.5) is 4.39 Å². The number of benzene rings is 1. The number of rotatable bonds is 2. The fraction of sp³-hybridized carbons (Fsp3) is 0.643. The van der Waals surface area contributed by atoms with Gasteiger partial charge in [-0.3, -0.25) is 24.1 Å². The number of carbonyl (C=O) groups excluding carboxylic acids is 4. The Balaban J connectivity index is 1.62. The van der Waals surface area contributed by atoms with E-state index in [0.29, 0.717) is 51.9 Å². The van der Waals surface area contributed by atoms with Crippen molar-refractivity contribution in [2.24, 2.45) is 5.92 Å². The van der Waals surface area contributed by atoms with Crippen LogP contribution in [0.15, 0.2) is 18.2 Å². The van der Waals surface area contributed by atoms with E-state index in [-0.39, 0.29) is 48.9 Å². The summed E-state index contributed by atoms with van der Waals surface area (Å²) >= 11 is 0. The smallest absolute Gasteiger partial charge is 0.257 e. The Bertz CT molecular complexity index is 1080. The van der Waals surface area contributed by atoms with Crippen LogP contribution in [-0.4, -0.2) is 109 Å². The maximum atomic E-state index is 14.7. The van der Waals surface area contributed by atoms with E-state index in [0.717, 1.165) is 5.56 Å². The lowest BCUT2D eigenvalue weighted by atomic mass is 10.0. The van der Waals surface area contributed by atoms with E-state index in [4.69, 9.17) is 4.74 Å². The molecule has 4 amide bonds. The summed E-state index contributed by atoms with van der Waals surface area (Å²) in [6, 6.07) is 2.75. The predicted octanol–water partition coefficient (Wildman–Crippen LogP) is 0.793. The second-order valence-corrected chi connectivity index (χ2v) is 11.1. The van der Waals surface area contributed by atoms with E-state index < -0.39 is 29.8 Å². The molecule has 0 radical (unpaired) electrons. The number of ether oxygens (including phenoxy) is 1. The molecule has 0 aromatic heterocycles. The molecule has 1 aromatic carbocycles. The van der Waals surface area contributed by atoms with Gasteiger partial charge in [0.05, 0.1) is 25.3 Å². The third-order valence-electron chi connectivity index (χ3n) is 7.92. The van der Waals surface area contributed by atoms with Crippen molar-refractivity contribution in [2.45, 2.75) is 57.7 Å². The van der Waals surface area contributed by atoms with Gasteiger partial charge in [-0.2, -0.15) is 0 Å². The fourth-order valence-electron chi connectivity index (χ4n) is 5.41. The van der Waals surface area contributed by atoms with Crippen LogP contribution in [0.25, 0.3) is 0 Å². The number of hydrogen-bond donors (Lipinski definition) is 2. The zero-order valence-electron chi connectivity index (χ0n) is 23.1. The molecule has 4 rings (SSSR count). The lowest BCUT2D eigenvalue weighted by molar-refractivity contribution is -0.146. The molecule has 3 aliphatic heterocycles. The lowest BCUT2D eigenvalue weighted by Crippen LogP contribution is -2.59. The maximum Gasteiger partial charge on any atom is 0.257 e. The third-order valence-corrected chi connectivity index (χ3v) is 7.92. The molecule has 3 aliphatic rings. The summed E-state index contributed by atoms with van der Waals surface area (Å²) in [5.41, 5.74) is 0.729. The molecule has 0 saturated carbocycles. The van der Waals surface area contributed by atoms with Gasteiger partial charge in [0.2, 0.25) is 17.7 Å². The quantitative estimate of drug-likeness (QED) is 0.569. The average Bonchev–Trinajstić information content (AvgIpc) is 3.40. The number of nitrogens with one attached hydrogen (secondary N) is 2. The van der Waals surface area contributed by atoms with Gasteiger partial charge in [-0.1, -0.05) is 19.9 Å². The molecule has 2 bridgehead atoms. The van der Waals surface area contributed by atoms with Gasteiger partial charge in [0.1, 0.15) is 17.9 Å². The summed E-state index contributed by atoms with van der Waals surface area (Å²) in [5, 5.41) is 5.92. The summed E-state index contributed by atoms with van der Waals surface area (Å²) in [7, 11) is 1.86. The molecule has 2 fully saturated rings. The summed E-state index contributed by atoms with van der Waals surface area (Å²) in [6.45, 7) is 5.97. The van der Waals surface area contributed by atoms with Gasteiger partial charge in [-0.25, -0.2) is 4.39 Å². The van der Waals surface area contributed by atoms with Crippen molar-refractivity contribution in [2.75, 3.05) is 53.0 Å². The van der Waals surface area contributed by atoms with Crippen molar-refractivity contribution < 1.29 is 28.3 Å². The maximum absolute atomic E-state index is 14.7. The largest absolute Gasteiger partial charge is 0.378 e. The van der Waals surface area contributed by atoms with E-state index in [1.165, 1.54) is 15.9 Å². The zero-order chi connectivity index (χ0) is 28.1. The number of aryl methyl sites for hydroxylation is 1. The van der Waals surface area contributed by atoms with E-state index in [1.54, 1.807) is 12.1 Å². The molecule has 0 spiro atoms. The van der Waals surface area contributed by atoms with E-state index in [2.05, 4.69) is 10.6 Å². The van der Waals surface area contributed by atoms with Crippen LogP contribution >= 0.6 is 0 Å². The molecular weight excluding hydrogens is 505 g/mol. The van der Waals surface area contributed by atoms with Crippen LogP contribution in [0.3, 0.4) is 0 Å². The minimum atomic E-state index is -0.734. The molecule has 3 atom stereocenters. The molecule has 39 heavy (non-hydrogen) atoms. The Hall–Kier alpha value is -3.05. The van der Waals surface area contributed by atoms with E-state index in [1.807, 2.05) is 25.8 Å². The van der Waals surface area contributed by atoms with Crippen molar-refractivity contribution in [1.29, 1.82) is 0 Å². The predicted molar refractivity (Wildman–Crippen MR) is 142 cm³/mol. The molecule has 2 saturated heterocycles. The second kappa shape index (κ2) is 12.9. The summed E-state index contributed by atoms with van der Waals surface area (Å²) in [5.74, 6) is -2.04. The average molecular weight is 546 g/mol. The highest BCUT2D eigenvalue weighted by Gasteiger charge is 2.38. The van der Waals surface area contributed by atoms with Crippen molar-refractivity contribution in [1.82, 2.24) is 25.3 Å². The standard InChI is InChI=1S/C28H40FN5O5/c1-18(2)22-15-33(28(38)24-17-39-13-12-32(24)3)16-25(35)30-10-4-6-19-8-9-21(29)20(14-19)27(37)34-11-5-7-23(34)26(36)31-22/h8-9,14,18,22-24H,4-7,10-13,15-17H2,1-3H3,(H,30,35)(H,31,36)/t22-,23-,24-/m0/s1. The van der Waals surface area contributed by atoms with Crippen LogP contribution in [0.5, 0.6) is 0 Å². The van der Waals surface area contributed by atoms with Crippen LogP contribution < -0.4 is 10.6 Å². The molecule has 0 aliphatic carbocycles. The molecular formula is C28H40FN5O5. The first-order valence-electron chi connectivity index (χ1n) is 13.9. The van der Waals surface area contributed by atoms with Crippen LogP contribution in [-0.2, 0) is 25.5 Å². The molecule has 10 nitrogen and oxygen atoms in total. The monoisotopic (exact) mass is 545 g/mol. The second-order valence-electron chi connectivity index (χ2n) is 11.1. The first-order valence-corrected chi connectivity index (χ1v) is 13.9. The van der Waals surface area contributed by atoms with Crippen LogP contribution in [0.1, 0.15) is 49.0 Å². The van der Waals surface area contributed by atoms with Gasteiger partial charge in [0.15, 0.2) is 0 Å². The first kappa shape index (κ1) is 28.9. The topological polar surface area (TPSA) is 111 Å². The van der Waals surface area contributed by atoms with E-state index in [9.17, 15) is 23.6 Å². The molecule has 2 N–H and O–H groups in total. The molecule has 11 heteroatoms. The van der Waals surface area contributed by atoms with Crippen molar-refractivity contribution >= 4 is 23.6 Å². The van der Waals surface area contributed by atoms with Crippen LogP contribution in [0, 0.1) is 11.7 Å². The van der Waals surface area contributed by atoms with Crippen molar-refractivity contribution in [3.8, 4) is 0 Å². The number of likely N-dealkylation sites (N-methyl/N-ethyl adjacent to an activating group) is 1. The summed E-state index contributed by atoms with van der Waals surface area (Å²) in [6.07, 6.45) is 2.22. The first-order chi connectivity index (χ1) is 18.7. The van der Waals surface area contributed by atoms with Gasteiger partial charge in [0.25, 0.3) is 5.91 Å². The third kappa shape index (κ3) is 6.94. The van der Waals surface area contributed by atoms with Crippen LogP contribution in [0.2, 0.25) is 0 Å². The summed E-state index contributed by atoms with van der Waals surface area (Å²) < 4.78 is 20.3. The van der Waals surface area contributed by atoms with Crippen molar-refractivity contribution in [3.63, 3.8) is 0 Å². The number of amides is 4. The highest BCUT2D eigenvalue weighted by atomic mass is 19.1. The molecule has 214 valence electrons. The molecule has 1 aromatic rings. The van der Waals surface area contributed by atoms with Gasteiger partial charge in [-0.05, 0) is 56.3 Å². The number of halogens is 1. The van der Waals surface area contributed by atoms with Crippen molar-refractivity contribution in [3.05, 3.63) is 35.1 Å². The van der Waals surface area contributed by atoms with E-state index >= 15 is 0 Å². The minimum Gasteiger partial charge on any atom is -0.378 e. The minimum absolute atomic E-state index is 0.0449. The Labute approximate surface area is 229 Å². The number of carbonyl (C=O) groups is 4. The normalized spacial score (nSPS) is 26.2. The number of fused-ring (bicyclic) bond motifs is 3. The Morgan fingerprint density at radius 3 is 2.69 bits per heavy atom. The lowest BCUT2D eigenvalue weighted by Gasteiger charge is -2.37. The van der Waals surface area contributed by atoms with Gasteiger partial charge >= 0.3 is 0 Å². The van der Waals surface area contributed by atoms with Gasteiger partial charge < -0.3 is 25.2 Å². The Kier molecular flexibility index (Phi) is 9.55. The highest BCUT2D eigenvalue weighted by Crippen LogP contribution is 2.23. The highest BCUT2D eigenvalue weighted by molar-refractivity contribution is 5.98. The fourth-order valence-corrected chi connectivity index (χ4v) is 5.41. The number of hydrogen-bond acceptors (Lipinski definition) is 6. The molecule has 0 unspecified atom stereocenters. The number of morpholine rings is 1. The Morgan fingerprint density at radius 1 is 1.15 bits per heavy atom. The SMILES string of the molecule is CC(C)[C@@H]1CN(C(=O)[C@@H]2COCCN2C)CC(=O)NCCCc2ccc(F)c(c2)C(=O)N2CCC[C@H]2C(=O)N1.